The number of aryl methyl sites for hydroxylation is 2. The Hall–Kier alpha value is -3.29. The number of halogens is 3. The Morgan fingerprint density at radius 1 is 1.30 bits per heavy atom. The van der Waals surface area contributed by atoms with Gasteiger partial charge in [-0.15, -0.1) is 10.2 Å². The average Bonchev–Trinajstić information content (AvgIpc) is 2.72. The van der Waals surface area contributed by atoms with Crippen molar-refractivity contribution in [3.8, 4) is 0 Å². The summed E-state index contributed by atoms with van der Waals surface area (Å²) in [7, 11) is -3.93. The summed E-state index contributed by atoms with van der Waals surface area (Å²) in [5, 5.41) is 7.72. The van der Waals surface area contributed by atoms with Crippen LogP contribution in [0.15, 0.2) is 28.6 Å². The van der Waals surface area contributed by atoms with E-state index >= 15 is 0 Å². The van der Waals surface area contributed by atoms with Crippen molar-refractivity contribution in [3.63, 3.8) is 0 Å². The highest BCUT2D eigenvalue weighted by Gasteiger charge is 2.46. The van der Waals surface area contributed by atoms with Crippen LogP contribution in [0.1, 0.15) is 35.0 Å². The van der Waals surface area contributed by atoms with E-state index in [0.29, 0.717) is 18.7 Å². The molecule has 1 N–H and O–H groups in total. The number of esters is 1. The molecule has 2 heterocycles. The van der Waals surface area contributed by atoms with Crippen LogP contribution in [0.5, 0.6) is 0 Å². The molecule has 1 aliphatic rings. The fourth-order valence-corrected chi connectivity index (χ4v) is 3.75. The summed E-state index contributed by atoms with van der Waals surface area (Å²) in [6, 6.07) is 2.77. The van der Waals surface area contributed by atoms with Gasteiger partial charge in [0.25, 0.3) is 5.95 Å². The maximum absolute atomic E-state index is 12.9. The Kier molecular flexibility index (Phi) is 6.86. The zero-order valence-electron chi connectivity index (χ0n) is 18.0. The van der Waals surface area contributed by atoms with E-state index in [4.69, 9.17) is 4.74 Å². The van der Waals surface area contributed by atoms with Gasteiger partial charge in [0.2, 0.25) is 0 Å². The van der Waals surface area contributed by atoms with Gasteiger partial charge in [-0.3, -0.25) is 4.72 Å². The van der Waals surface area contributed by atoms with Gasteiger partial charge in [-0.2, -0.15) is 21.6 Å². The minimum Gasteiger partial charge on any atom is -0.462 e. The summed E-state index contributed by atoms with van der Waals surface area (Å²) >= 11 is 0. The number of nitrogens with zero attached hydrogens (tertiary/aromatic N) is 5. The van der Waals surface area contributed by atoms with E-state index in [-0.39, 0.29) is 35.2 Å². The molecule has 0 atom stereocenters. The lowest BCUT2D eigenvalue weighted by atomic mass is 10.0. The molecular weight excluding hydrogens is 465 g/mol. The molecule has 1 aliphatic heterocycles. The topological polar surface area (TPSA) is 126 Å². The second kappa shape index (κ2) is 9.29. The lowest BCUT2D eigenvalue weighted by Crippen LogP contribution is -2.30. The summed E-state index contributed by atoms with van der Waals surface area (Å²) in [6.07, 6.45) is 2.65. The zero-order valence-corrected chi connectivity index (χ0v) is 18.8. The van der Waals surface area contributed by atoms with Crippen molar-refractivity contribution in [2.24, 2.45) is 10.2 Å². The molecule has 0 bridgehead atoms. The highest BCUT2D eigenvalue weighted by Crippen LogP contribution is 2.38. The van der Waals surface area contributed by atoms with Crippen LogP contribution in [-0.2, 0) is 21.2 Å². The van der Waals surface area contributed by atoms with Crippen molar-refractivity contribution >= 4 is 39.0 Å². The van der Waals surface area contributed by atoms with Crippen LogP contribution in [-0.4, -0.2) is 50.1 Å². The van der Waals surface area contributed by atoms with Crippen LogP contribution in [0, 0.1) is 6.92 Å². The summed E-state index contributed by atoms with van der Waals surface area (Å²) in [5.74, 6) is -0.777. The quantitative estimate of drug-likeness (QED) is 0.483. The van der Waals surface area contributed by atoms with Crippen molar-refractivity contribution in [3.05, 3.63) is 35.2 Å². The molecule has 0 saturated carbocycles. The Morgan fingerprint density at radius 3 is 2.67 bits per heavy atom. The number of sulfonamides is 1. The van der Waals surface area contributed by atoms with Crippen molar-refractivity contribution in [1.82, 2.24) is 9.97 Å². The first kappa shape index (κ1) is 24.4. The van der Waals surface area contributed by atoms with E-state index in [2.05, 4.69) is 20.2 Å². The van der Waals surface area contributed by atoms with Gasteiger partial charge in [0.05, 0.1) is 23.6 Å². The van der Waals surface area contributed by atoms with Gasteiger partial charge in [0.1, 0.15) is 5.69 Å². The number of hydrogen-bond donors (Lipinski definition) is 1. The number of alkyl halides is 3. The molecule has 178 valence electrons. The third kappa shape index (κ3) is 5.38. The molecule has 0 radical (unpaired) electrons. The number of azo groups is 1. The van der Waals surface area contributed by atoms with Crippen molar-refractivity contribution in [1.29, 1.82) is 0 Å². The van der Waals surface area contributed by atoms with Crippen LogP contribution >= 0.6 is 0 Å². The molecule has 2 aromatic rings. The number of benzene rings is 1. The van der Waals surface area contributed by atoms with Crippen LogP contribution in [0.25, 0.3) is 0 Å². The van der Waals surface area contributed by atoms with Crippen molar-refractivity contribution in [2.45, 2.75) is 32.2 Å². The summed E-state index contributed by atoms with van der Waals surface area (Å²) in [4.78, 5) is 21.6. The Morgan fingerprint density at radius 2 is 2.03 bits per heavy atom. The number of nitrogens with one attached hydrogen (secondary N) is 1. The van der Waals surface area contributed by atoms with Gasteiger partial charge in [-0.05, 0) is 44.4 Å². The SMILES string of the molecule is CCOC(=O)c1cnc(N=Nc2cc3c(cc2NS(=O)(=O)C(F)(F)F)N(C)CCC3)nc1C. The highest BCUT2D eigenvalue weighted by atomic mass is 32.2. The summed E-state index contributed by atoms with van der Waals surface area (Å²) in [5.41, 5.74) is -4.26. The largest absolute Gasteiger partial charge is 0.516 e. The number of aromatic nitrogens is 2. The predicted molar refractivity (Wildman–Crippen MR) is 114 cm³/mol. The second-order valence-electron chi connectivity index (χ2n) is 7.16. The first-order valence-corrected chi connectivity index (χ1v) is 11.3. The molecule has 1 aromatic carbocycles. The molecule has 0 fully saturated rings. The van der Waals surface area contributed by atoms with Gasteiger partial charge in [0.15, 0.2) is 0 Å². The van der Waals surface area contributed by atoms with E-state index in [0.717, 1.165) is 12.0 Å². The number of rotatable bonds is 6. The van der Waals surface area contributed by atoms with Gasteiger partial charge >= 0.3 is 21.5 Å². The molecule has 0 amide bonds. The molecule has 3 rings (SSSR count). The predicted octanol–water partition coefficient (Wildman–Crippen LogP) is 4.02. The Bertz CT molecular complexity index is 1200. The fourth-order valence-electron chi connectivity index (χ4n) is 3.18. The molecular formula is C19H21F3N6O4S. The second-order valence-corrected chi connectivity index (χ2v) is 8.84. The lowest BCUT2D eigenvalue weighted by molar-refractivity contribution is -0.0429. The monoisotopic (exact) mass is 486 g/mol. The first-order chi connectivity index (χ1) is 15.4. The number of fused-ring (bicyclic) bond motifs is 1. The van der Waals surface area contributed by atoms with Gasteiger partial charge in [-0.25, -0.2) is 14.8 Å². The van der Waals surface area contributed by atoms with E-state index in [1.807, 2.05) is 4.90 Å². The Balaban J connectivity index is 2.00. The summed E-state index contributed by atoms with van der Waals surface area (Å²) < 4.78 is 68.7. The minimum atomic E-state index is -5.68. The fraction of sp³-hybridized carbons (Fsp3) is 0.421. The number of ether oxygens (including phenoxy) is 1. The Labute approximate surface area is 187 Å². The van der Waals surface area contributed by atoms with Crippen LogP contribution in [0.2, 0.25) is 0 Å². The van der Waals surface area contributed by atoms with Gasteiger partial charge in [0, 0.05) is 25.5 Å². The first-order valence-electron chi connectivity index (χ1n) is 9.82. The van der Waals surface area contributed by atoms with Gasteiger partial charge in [-0.1, -0.05) is 0 Å². The number of carbonyl (C=O) groups is 1. The molecule has 0 unspecified atom stereocenters. The normalized spacial score (nSPS) is 14.3. The van der Waals surface area contributed by atoms with Crippen LogP contribution in [0.3, 0.4) is 0 Å². The molecule has 10 nitrogen and oxygen atoms in total. The average molecular weight is 486 g/mol. The molecule has 0 saturated heterocycles. The molecule has 1 aromatic heterocycles. The van der Waals surface area contributed by atoms with E-state index in [9.17, 15) is 26.4 Å². The van der Waals surface area contributed by atoms with E-state index in [1.54, 1.807) is 18.7 Å². The van der Waals surface area contributed by atoms with Crippen molar-refractivity contribution in [2.75, 3.05) is 29.8 Å². The highest BCUT2D eigenvalue weighted by molar-refractivity contribution is 7.93. The number of hydrogen-bond acceptors (Lipinski definition) is 9. The smallest absolute Gasteiger partial charge is 0.462 e. The zero-order chi connectivity index (χ0) is 24.4. The van der Waals surface area contributed by atoms with Gasteiger partial charge < -0.3 is 9.64 Å². The molecule has 0 spiro atoms. The van der Waals surface area contributed by atoms with E-state index < -0.39 is 21.5 Å². The van der Waals surface area contributed by atoms with Crippen LogP contribution in [0.4, 0.5) is 36.2 Å². The minimum absolute atomic E-state index is 0.131. The molecule has 33 heavy (non-hydrogen) atoms. The van der Waals surface area contributed by atoms with Crippen LogP contribution < -0.4 is 9.62 Å². The number of anilines is 2. The maximum atomic E-state index is 12.9. The van der Waals surface area contributed by atoms with E-state index in [1.165, 1.54) is 25.3 Å². The molecule has 14 heteroatoms. The third-order valence-electron chi connectivity index (χ3n) is 4.81. The summed E-state index contributed by atoms with van der Waals surface area (Å²) in [6.45, 7) is 4.02. The molecule has 0 aliphatic carbocycles. The maximum Gasteiger partial charge on any atom is 0.516 e. The number of carbonyl (C=O) groups excluding carboxylic acids is 1. The lowest BCUT2D eigenvalue weighted by Gasteiger charge is -2.28. The standard InChI is InChI=1S/C19H21F3N6O4S/c1-4-32-17(29)13-10-23-18(24-11(13)2)26-25-14-8-12-6-5-7-28(3)16(12)9-15(14)27-33(30,31)19(20,21)22/h8-10,27H,4-7H2,1-3H3. The third-order valence-corrected chi connectivity index (χ3v) is 5.90. The van der Waals surface area contributed by atoms with Crippen molar-refractivity contribution < 1.29 is 31.1 Å².